The van der Waals surface area contributed by atoms with Crippen LogP contribution in [-0.4, -0.2) is 29.2 Å². The van der Waals surface area contributed by atoms with Crippen molar-refractivity contribution in [2.45, 2.75) is 0 Å². The molecule has 0 saturated carbocycles. The molecule has 0 radical (unpaired) electrons. The molecular formula is C14H13N3O2. The van der Waals surface area contributed by atoms with Crippen molar-refractivity contribution < 1.29 is 9.47 Å². The molecule has 5 nitrogen and oxygen atoms in total. The lowest BCUT2D eigenvalue weighted by molar-refractivity contribution is 0.355. The van der Waals surface area contributed by atoms with E-state index in [0.29, 0.717) is 11.5 Å². The molecule has 19 heavy (non-hydrogen) atoms. The molecule has 3 rings (SSSR count). The van der Waals surface area contributed by atoms with Gasteiger partial charge in [-0.3, -0.25) is 4.98 Å². The number of hydrogen-bond donors (Lipinski definition) is 1. The van der Waals surface area contributed by atoms with Crippen molar-refractivity contribution in [1.82, 2.24) is 15.0 Å². The minimum absolute atomic E-state index is 0.694. The standard InChI is InChI=1S/C14H13N3O2/c1-18-12-4-3-9(7-13(12)19-2)10-8-11-14(17-10)16-6-5-15-11/h3-8H,1-2H3,(H,16,17). The van der Waals surface area contributed by atoms with E-state index in [9.17, 15) is 0 Å². The van der Waals surface area contributed by atoms with Gasteiger partial charge in [0.15, 0.2) is 17.1 Å². The minimum atomic E-state index is 0.694. The number of ether oxygens (including phenoxy) is 2. The van der Waals surface area contributed by atoms with Crippen molar-refractivity contribution in [3.8, 4) is 22.8 Å². The second kappa shape index (κ2) is 4.61. The van der Waals surface area contributed by atoms with E-state index in [4.69, 9.17) is 9.47 Å². The van der Waals surface area contributed by atoms with Crippen LogP contribution in [0.3, 0.4) is 0 Å². The maximum atomic E-state index is 5.30. The molecule has 0 bridgehead atoms. The summed E-state index contributed by atoms with van der Waals surface area (Å²) < 4.78 is 10.5. The van der Waals surface area contributed by atoms with Gasteiger partial charge in [0.2, 0.25) is 0 Å². The Morgan fingerprint density at radius 3 is 2.47 bits per heavy atom. The van der Waals surface area contributed by atoms with Crippen LogP contribution in [0.2, 0.25) is 0 Å². The van der Waals surface area contributed by atoms with E-state index in [1.807, 2.05) is 24.3 Å². The molecule has 0 fully saturated rings. The Kier molecular flexibility index (Phi) is 2.79. The number of H-pyrrole nitrogens is 1. The van der Waals surface area contributed by atoms with Gasteiger partial charge < -0.3 is 14.5 Å². The second-order valence-electron chi connectivity index (χ2n) is 4.04. The molecule has 0 saturated heterocycles. The number of aromatic amines is 1. The average molecular weight is 255 g/mol. The molecule has 2 aromatic heterocycles. The lowest BCUT2D eigenvalue weighted by Crippen LogP contribution is -1.90. The fourth-order valence-electron chi connectivity index (χ4n) is 2.01. The van der Waals surface area contributed by atoms with Gasteiger partial charge in [-0.2, -0.15) is 0 Å². The largest absolute Gasteiger partial charge is 0.493 e. The molecule has 5 heteroatoms. The van der Waals surface area contributed by atoms with E-state index >= 15 is 0 Å². The van der Waals surface area contributed by atoms with Crippen LogP contribution in [0.4, 0.5) is 0 Å². The molecule has 0 atom stereocenters. The Bertz CT molecular complexity index is 689. The number of nitrogens with one attached hydrogen (secondary N) is 1. The number of rotatable bonds is 3. The average Bonchev–Trinajstić information content (AvgIpc) is 2.90. The van der Waals surface area contributed by atoms with E-state index < -0.39 is 0 Å². The van der Waals surface area contributed by atoms with Crippen molar-refractivity contribution in [3.05, 3.63) is 36.7 Å². The molecule has 0 spiro atoms. The van der Waals surface area contributed by atoms with Gasteiger partial charge in [0.1, 0.15) is 5.52 Å². The summed E-state index contributed by atoms with van der Waals surface area (Å²) in [5, 5.41) is 0. The zero-order valence-corrected chi connectivity index (χ0v) is 10.7. The fourth-order valence-corrected chi connectivity index (χ4v) is 2.01. The van der Waals surface area contributed by atoms with Crippen LogP contribution in [0.15, 0.2) is 36.7 Å². The summed E-state index contributed by atoms with van der Waals surface area (Å²) in [5.74, 6) is 1.40. The molecule has 0 aliphatic rings. The van der Waals surface area contributed by atoms with Gasteiger partial charge in [-0.05, 0) is 24.3 Å². The number of aromatic nitrogens is 3. The van der Waals surface area contributed by atoms with E-state index in [-0.39, 0.29) is 0 Å². The van der Waals surface area contributed by atoms with Gasteiger partial charge in [-0.1, -0.05) is 0 Å². The third kappa shape index (κ3) is 1.99. The molecule has 96 valence electrons. The van der Waals surface area contributed by atoms with Crippen molar-refractivity contribution >= 4 is 11.2 Å². The predicted octanol–water partition coefficient (Wildman–Crippen LogP) is 2.64. The van der Waals surface area contributed by atoms with E-state index in [1.165, 1.54) is 0 Å². The van der Waals surface area contributed by atoms with Crippen LogP contribution in [0, 0.1) is 0 Å². The minimum Gasteiger partial charge on any atom is -0.493 e. The van der Waals surface area contributed by atoms with Crippen molar-refractivity contribution in [2.75, 3.05) is 14.2 Å². The SMILES string of the molecule is COc1ccc(-c2cc3nccnc3[nH]2)cc1OC. The van der Waals surface area contributed by atoms with Crippen LogP contribution in [0.1, 0.15) is 0 Å². The zero-order valence-electron chi connectivity index (χ0n) is 10.7. The Morgan fingerprint density at radius 1 is 0.947 bits per heavy atom. The molecule has 0 aliphatic carbocycles. The highest BCUT2D eigenvalue weighted by molar-refractivity contribution is 5.80. The summed E-state index contributed by atoms with van der Waals surface area (Å²) in [7, 11) is 3.24. The topological polar surface area (TPSA) is 60.0 Å². The first-order valence-corrected chi connectivity index (χ1v) is 5.84. The van der Waals surface area contributed by atoms with Crippen LogP contribution >= 0.6 is 0 Å². The molecular weight excluding hydrogens is 242 g/mol. The zero-order chi connectivity index (χ0) is 13.2. The highest BCUT2D eigenvalue weighted by atomic mass is 16.5. The summed E-state index contributed by atoms with van der Waals surface area (Å²) in [6, 6.07) is 7.72. The first-order chi connectivity index (χ1) is 9.31. The van der Waals surface area contributed by atoms with E-state index in [1.54, 1.807) is 26.6 Å². The second-order valence-corrected chi connectivity index (χ2v) is 4.04. The van der Waals surface area contributed by atoms with Gasteiger partial charge in [0, 0.05) is 23.7 Å². The predicted molar refractivity (Wildman–Crippen MR) is 72.4 cm³/mol. The van der Waals surface area contributed by atoms with Crippen molar-refractivity contribution in [2.24, 2.45) is 0 Å². The number of nitrogens with zero attached hydrogens (tertiary/aromatic N) is 2. The van der Waals surface area contributed by atoms with E-state index in [0.717, 1.165) is 22.4 Å². The Balaban J connectivity index is 2.10. The molecule has 3 aromatic rings. The summed E-state index contributed by atoms with van der Waals surface area (Å²) in [4.78, 5) is 11.7. The number of fused-ring (bicyclic) bond motifs is 1. The monoisotopic (exact) mass is 255 g/mol. The third-order valence-electron chi connectivity index (χ3n) is 2.96. The smallest absolute Gasteiger partial charge is 0.161 e. The molecule has 0 amide bonds. The maximum absolute atomic E-state index is 5.30. The first kappa shape index (κ1) is 11.5. The quantitative estimate of drug-likeness (QED) is 0.781. The van der Waals surface area contributed by atoms with Crippen molar-refractivity contribution in [3.63, 3.8) is 0 Å². The van der Waals surface area contributed by atoms with E-state index in [2.05, 4.69) is 15.0 Å². The molecule has 0 unspecified atom stereocenters. The normalized spacial score (nSPS) is 10.6. The van der Waals surface area contributed by atoms with Gasteiger partial charge in [-0.25, -0.2) is 4.98 Å². The van der Waals surface area contributed by atoms with Crippen LogP contribution in [0.5, 0.6) is 11.5 Å². The third-order valence-corrected chi connectivity index (χ3v) is 2.96. The van der Waals surface area contributed by atoms with Gasteiger partial charge in [0.25, 0.3) is 0 Å². The first-order valence-electron chi connectivity index (χ1n) is 5.84. The van der Waals surface area contributed by atoms with Crippen LogP contribution in [-0.2, 0) is 0 Å². The Labute approximate surface area is 110 Å². The summed E-state index contributed by atoms with van der Waals surface area (Å²) in [6.45, 7) is 0. The lowest BCUT2D eigenvalue weighted by atomic mass is 10.1. The van der Waals surface area contributed by atoms with Crippen LogP contribution in [0.25, 0.3) is 22.4 Å². The number of methoxy groups -OCH3 is 2. The number of benzene rings is 1. The molecule has 1 N–H and O–H groups in total. The molecule has 1 aromatic carbocycles. The van der Waals surface area contributed by atoms with Crippen molar-refractivity contribution in [1.29, 1.82) is 0 Å². The van der Waals surface area contributed by atoms with Crippen LogP contribution < -0.4 is 9.47 Å². The molecule has 0 aliphatic heterocycles. The Morgan fingerprint density at radius 2 is 1.74 bits per heavy atom. The van der Waals surface area contributed by atoms with Gasteiger partial charge in [-0.15, -0.1) is 0 Å². The van der Waals surface area contributed by atoms with Gasteiger partial charge >= 0.3 is 0 Å². The highest BCUT2D eigenvalue weighted by Gasteiger charge is 2.09. The highest BCUT2D eigenvalue weighted by Crippen LogP contribution is 2.32. The fraction of sp³-hybridized carbons (Fsp3) is 0.143. The maximum Gasteiger partial charge on any atom is 0.161 e. The number of hydrogen-bond acceptors (Lipinski definition) is 4. The summed E-state index contributed by atoms with van der Waals surface area (Å²) in [5.41, 5.74) is 3.55. The Hall–Kier alpha value is -2.56. The summed E-state index contributed by atoms with van der Waals surface area (Å²) in [6.07, 6.45) is 3.34. The van der Waals surface area contributed by atoms with Gasteiger partial charge in [0.05, 0.1) is 14.2 Å². The lowest BCUT2D eigenvalue weighted by Gasteiger charge is -2.08. The molecule has 2 heterocycles. The summed E-state index contributed by atoms with van der Waals surface area (Å²) >= 11 is 0.